The molecule has 4 heteroatoms. The molecular formula is C31H33NO3. The van der Waals surface area contributed by atoms with Gasteiger partial charge in [0.1, 0.15) is 5.75 Å². The van der Waals surface area contributed by atoms with Crippen LogP contribution in [0.5, 0.6) is 5.75 Å². The Morgan fingerprint density at radius 3 is 2.43 bits per heavy atom. The molecule has 0 spiro atoms. The molecule has 4 nitrogen and oxygen atoms in total. The number of ether oxygens (including phenoxy) is 2. The van der Waals surface area contributed by atoms with Crippen LogP contribution in [-0.2, 0) is 11.3 Å². The van der Waals surface area contributed by atoms with E-state index in [0.29, 0.717) is 12.1 Å². The molecule has 0 saturated carbocycles. The molecule has 0 radical (unpaired) electrons. The summed E-state index contributed by atoms with van der Waals surface area (Å²) in [5.74, 6) is 0.781. The number of fused-ring (bicyclic) bond motifs is 1. The predicted molar refractivity (Wildman–Crippen MR) is 143 cm³/mol. The summed E-state index contributed by atoms with van der Waals surface area (Å²) >= 11 is 0. The number of nitrogens with one attached hydrogen (secondary N) is 1. The molecule has 0 saturated heterocycles. The number of carbonyl (C=O) groups excluding carboxylic acids is 1. The lowest BCUT2D eigenvalue weighted by Gasteiger charge is -2.18. The van der Waals surface area contributed by atoms with E-state index in [9.17, 15) is 4.79 Å². The van der Waals surface area contributed by atoms with Crippen LogP contribution in [0, 0.1) is 0 Å². The molecule has 0 aliphatic carbocycles. The molecule has 1 atom stereocenters. The maximum Gasteiger partial charge on any atom is 0.338 e. The van der Waals surface area contributed by atoms with E-state index < -0.39 is 0 Å². The summed E-state index contributed by atoms with van der Waals surface area (Å²) in [6, 6.07) is 27.3. The second-order valence-electron chi connectivity index (χ2n) is 9.19. The first-order chi connectivity index (χ1) is 16.9. The summed E-state index contributed by atoms with van der Waals surface area (Å²) in [5.41, 5.74) is 6.09. The van der Waals surface area contributed by atoms with Crippen LogP contribution < -0.4 is 10.1 Å². The maximum atomic E-state index is 12.6. The van der Waals surface area contributed by atoms with Crippen LogP contribution in [0.4, 0.5) is 0 Å². The topological polar surface area (TPSA) is 47.6 Å². The average molecular weight is 468 g/mol. The quantitative estimate of drug-likeness (QED) is 0.277. The maximum absolute atomic E-state index is 12.6. The number of methoxy groups -OCH3 is 2. The zero-order valence-electron chi connectivity index (χ0n) is 21.1. The second kappa shape index (κ2) is 10.7. The van der Waals surface area contributed by atoms with Gasteiger partial charge in [-0.25, -0.2) is 4.79 Å². The number of rotatable bonds is 8. The van der Waals surface area contributed by atoms with Gasteiger partial charge in [-0.15, -0.1) is 0 Å². The highest BCUT2D eigenvalue weighted by molar-refractivity contribution is 5.99. The lowest BCUT2D eigenvalue weighted by molar-refractivity contribution is 0.0599. The number of carbonyl (C=O) groups is 1. The lowest BCUT2D eigenvalue weighted by atomic mass is 9.90. The van der Waals surface area contributed by atoms with Gasteiger partial charge in [0, 0.05) is 12.6 Å². The fourth-order valence-electron chi connectivity index (χ4n) is 4.53. The molecule has 0 heterocycles. The highest BCUT2D eigenvalue weighted by Crippen LogP contribution is 2.33. The Morgan fingerprint density at radius 2 is 1.69 bits per heavy atom. The van der Waals surface area contributed by atoms with Crippen molar-refractivity contribution in [2.24, 2.45) is 0 Å². The molecule has 1 N–H and O–H groups in total. The molecule has 4 rings (SSSR count). The predicted octanol–water partition coefficient (Wildman–Crippen LogP) is 7.28. The van der Waals surface area contributed by atoms with Crippen LogP contribution in [0.2, 0.25) is 0 Å². The first-order valence-electron chi connectivity index (χ1n) is 12.0. The van der Waals surface area contributed by atoms with Crippen molar-refractivity contribution < 1.29 is 14.3 Å². The van der Waals surface area contributed by atoms with Gasteiger partial charge < -0.3 is 14.8 Å². The van der Waals surface area contributed by atoms with Gasteiger partial charge in [-0.1, -0.05) is 62.4 Å². The van der Waals surface area contributed by atoms with Crippen LogP contribution in [0.25, 0.3) is 21.9 Å². The van der Waals surface area contributed by atoms with Crippen LogP contribution in [0.1, 0.15) is 59.8 Å². The lowest BCUT2D eigenvalue weighted by Crippen LogP contribution is -2.18. The third-order valence-corrected chi connectivity index (χ3v) is 6.52. The summed E-state index contributed by atoms with van der Waals surface area (Å²) in [6.45, 7) is 7.05. The van der Waals surface area contributed by atoms with E-state index in [1.165, 1.54) is 23.6 Å². The Balaban J connectivity index is 1.71. The van der Waals surface area contributed by atoms with Crippen molar-refractivity contribution in [1.82, 2.24) is 5.32 Å². The Kier molecular flexibility index (Phi) is 7.52. The minimum absolute atomic E-state index is 0.163. The third-order valence-electron chi connectivity index (χ3n) is 6.52. The van der Waals surface area contributed by atoms with E-state index >= 15 is 0 Å². The molecule has 180 valence electrons. The van der Waals surface area contributed by atoms with Gasteiger partial charge in [0.2, 0.25) is 0 Å². The average Bonchev–Trinajstić information content (AvgIpc) is 2.90. The molecule has 0 aromatic heterocycles. The first-order valence-corrected chi connectivity index (χ1v) is 12.0. The van der Waals surface area contributed by atoms with Crippen molar-refractivity contribution in [1.29, 1.82) is 0 Å². The minimum atomic E-state index is -0.301. The van der Waals surface area contributed by atoms with Crippen molar-refractivity contribution in [2.45, 2.75) is 39.3 Å². The second-order valence-corrected chi connectivity index (χ2v) is 9.19. The summed E-state index contributed by atoms with van der Waals surface area (Å²) in [6.07, 6.45) is 0. The van der Waals surface area contributed by atoms with Gasteiger partial charge in [-0.2, -0.15) is 0 Å². The molecule has 0 amide bonds. The highest BCUT2D eigenvalue weighted by atomic mass is 16.5. The number of hydrogen-bond donors (Lipinski definition) is 1. The van der Waals surface area contributed by atoms with E-state index in [0.717, 1.165) is 27.8 Å². The van der Waals surface area contributed by atoms with Gasteiger partial charge in [-0.3, -0.25) is 0 Å². The zero-order valence-corrected chi connectivity index (χ0v) is 21.1. The van der Waals surface area contributed by atoms with Crippen molar-refractivity contribution in [3.63, 3.8) is 0 Å². The van der Waals surface area contributed by atoms with Crippen LogP contribution >= 0.6 is 0 Å². The van der Waals surface area contributed by atoms with Crippen molar-refractivity contribution in [2.75, 3.05) is 14.2 Å². The summed E-state index contributed by atoms with van der Waals surface area (Å²) in [5, 5.41) is 5.97. The monoisotopic (exact) mass is 467 g/mol. The minimum Gasteiger partial charge on any atom is -0.497 e. The van der Waals surface area contributed by atoms with Crippen molar-refractivity contribution >= 4 is 16.7 Å². The number of benzene rings is 4. The summed E-state index contributed by atoms with van der Waals surface area (Å²) in [4.78, 5) is 12.6. The Bertz CT molecular complexity index is 1340. The van der Waals surface area contributed by atoms with Gasteiger partial charge in [0.05, 0.1) is 19.8 Å². The van der Waals surface area contributed by atoms with Gasteiger partial charge in [0.25, 0.3) is 0 Å². The first kappa shape index (κ1) is 24.5. The highest BCUT2D eigenvalue weighted by Gasteiger charge is 2.17. The Hall–Kier alpha value is -3.63. The van der Waals surface area contributed by atoms with Crippen LogP contribution in [0.15, 0.2) is 78.9 Å². The molecular weight excluding hydrogens is 434 g/mol. The van der Waals surface area contributed by atoms with Gasteiger partial charge in [-0.05, 0) is 81.8 Å². The molecule has 35 heavy (non-hydrogen) atoms. The van der Waals surface area contributed by atoms with Crippen molar-refractivity contribution in [3.8, 4) is 16.9 Å². The standard InChI is InChI=1S/C31H33NO3/c1-20(2)27-14-13-25(18-30(27)31(33)35-5)29-16-22(15-24-9-6-7-12-28(24)29)19-32-21(3)23-10-8-11-26(17-23)34-4/h6-18,20-21,32H,19H2,1-5H3/t21-/m1/s1. The fourth-order valence-corrected chi connectivity index (χ4v) is 4.53. The van der Waals surface area contributed by atoms with E-state index in [1.54, 1.807) is 7.11 Å². The molecule has 0 unspecified atom stereocenters. The van der Waals surface area contributed by atoms with Gasteiger partial charge in [0.15, 0.2) is 0 Å². The number of esters is 1. The molecule has 4 aromatic rings. The molecule has 0 aliphatic rings. The molecule has 0 bridgehead atoms. The smallest absolute Gasteiger partial charge is 0.338 e. The SMILES string of the molecule is COC(=O)c1cc(-c2cc(CN[C@H](C)c3cccc(OC)c3)cc3ccccc23)ccc1C(C)C. The van der Waals surface area contributed by atoms with Gasteiger partial charge >= 0.3 is 5.97 Å². The van der Waals surface area contributed by atoms with E-state index in [2.05, 4.69) is 86.8 Å². The van der Waals surface area contributed by atoms with Crippen LogP contribution in [-0.4, -0.2) is 20.2 Å². The third kappa shape index (κ3) is 5.39. The molecule has 0 fully saturated rings. The zero-order chi connectivity index (χ0) is 24.9. The van der Waals surface area contributed by atoms with E-state index in [-0.39, 0.29) is 17.9 Å². The Morgan fingerprint density at radius 1 is 0.886 bits per heavy atom. The largest absolute Gasteiger partial charge is 0.497 e. The van der Waals surface area contributed by atoms with Crippen molar-refractivity contribution in [3.05, 3.63) is 101 Å². The Labute approximate surface area is 207 Å². The molecule has 0 aliphatic heterocycles. The normalized spacial score (nSPS) is 12.1. The molecule has 4 aromatic carbocycles. The fraction of sp³-hybridized carbons (Fsp3) is 0.258. The number of hydrogen-bond acceptors (Lipinski definition) is 4. The summed E-state index contributed by atoms with van der Waals surface area (Å²) in [7, 11) is 3.12. The van der Waals surface area contributed by atoms with Crippen LogP contribution in [0.3, 0.4) is 0 Å². The van der Waals surface area contributed by atoms with E-state index in [1.807, 2.05) is 18.2 Å². The van der Waals surface area contributed by atoms with E-state index in [4.69, 9.17) is 9.47 Å². The summed E-state index contributed by atoms with van der Waals surface area (Å²) < 4.78 is 10.5.